The highest BCUT2D eigenvalue weighted by molar-refractivity contribution is 5.88. The molecule has 18 heavy (non-hydrogen) atoms. The molecule has 1 heterocycles. The quantitative estimate of drug-likeness (QED) is 0.862. The van der Waals surface area contributed by atoms with E-state index in [0.29, 0.717) is 5.82 Å². The van der Waals surface area contributed by atoms with Gasteiger partial charge in [0.25, 0.3) is 0 Å². The second kappa shape index (κ2) is 5.27. The maximum absolute atomic E-state index is 10.7. The van der Waals surface area contributed by atoms with E-state index in [1.807, 2.05) is 13.0 Å². The summed E-state index contributed by atoms with van der Waals surface area (Å²) in [6.45, 7) is 2.02. The summed E-state index contributed by atoms with van der Waals surface area (Å²) in [6.07, 6.45) is 2.35. The number of aromatic carboxylic acids is 1. The number of hydrogen-bond acceptors (Lipinski definition) is 4. The van der Waals surface area contributed by atoms with Crippen molar-refractivity contribution in [1.29, 1.82) is 0 Å². The minimum absolute atomic E-state index is 0.262. The molecule has 0 bridgehead atoms. The third-order valence-electron chi connectivity index (χ3n) is 2.49. The van der Waals surface area contributed by atoms with Gasteiger partial charge in [-0.2, -0.15) is 0 Å². The van der Waals surface area contributed by atoms with Crippen molar-refractivity contribution >= 4 is 17.5 Å². The maximum Gasteiger partial charge on any atom is 0.335 e. The van der Waals surface area contributed by atoms with Crippen LogP contribution in [0.2, 0.25) is 0 Å². The molecule has 2 rings (SSSR count). The lowest BCUT2D eigenvalue weighted by molar-refractivity contribution is 0.0697. The van der Waals surface area contributed by atoms with Gasteiger partial charge in [-0.3, -0.25) is 0 Å². The van der Waals surface area contributed by atoms with Crippen molar-refractivity contribution in [1.82, 2.24) is 9.97 Å². The van der Waals surface area contributed by atoms with Crippen molar-refractivity contribution in [2.75, 3.05) is 5.32 Å². The molecule has 0 atom stereocenters. The summed E-state index contributed by atoms with van der Waals surface area (Å²) in [6, 6.07) is 8.37. The topological polar surface area (TPSA) is 75.1 Å². The van der Waals surface area contributed by atoms with Crippen molar-refractivity contribution in [3.8, 4) is 0 Å². The van der Waals surface area contributed by atoms with Crippen LogP contribution in [-0.4, -0.2) is 21.0 Å². The number of anilines is 2. The number of nitrogens with zero attached hydrogens (tertiary/aromatic N) is 2. The van der Waals surface area contributed by atoms with Crippen molar-refractivity contribution in [2.45, 2.75) is 13.3 Å². The van der Waals surface area contributed by atoms with E-state index in [2.05, 4.69) is 15.3 Å². The molecule has 0 aliphatic carbocycles. The summed E-state index contributed by atoms with van der Waals surface area (Å²) < 4.78 is 0. The van der Waals surface area contributed by atoms with Gasteiger partial charge >= 0.3 is 5.97 Å². The molecule has 1 aromatic heterocycles. The number of aromatic nitrogens is 2. The van der Waals surface area contributed by atoms with Crippen molar-refractivity contribution < 1.29 is 9.90 Å². The largest absolute Gasteiger partial charge is 0.478 e. The number of carbonyl (C=O) groups is 1. The first-order chi connectivity index (χ1) is 8.69. The molecule has 0 spiro atoms. The van der Waals surface area contributed by atoms with Gasteiger partial charge in [-0.1, -0.05) is 6.92 Å². The van der Waals surface area contributed by atoms with E-state index in [4.69, 9.17) is 5.11 Å². The first-order valence-electron chi connectivity index (χ1n) is 5.60. The predicted molar refractivity (Wildman–Crippen MR) is 68.1 cm³/mol. The second-order valence-electron chi connectivity index (χ2n) is 3.76. The Morgan fingerprint density at radius 3 is 2.61 bits per heavy atom. The molecule has 5 heteroatoms. The van der Waals surface area contributed by atoms with Crippen LogP contribution >= 0.6 is 0 Å². The highest BCUT2D eigenvalue weighted by Crippen LogP contribution is 2.15. The van der Waals surface area contributed by atoms with Crippen molar-refractivity contribution in [2.24, 2.45) is 0 Å². The summed E-state index contributed by atoms with van der Waals surface area (Å²) in [5.74, 6) is -0.234. The zero-order valence-corrected chi connectivity index (χ0v) is 9.92. The van der Waals surface area contributed by atoms with Gasteiger partial charge in [0.2, 0.25) is 0 Å². The van der Waals surface area contributed by atoms with Crippen LogP contribution in [0.25, 0.3) is 0 Å². The average molecular weight is 243 g/mol. The van der Waals surface area contributed by atoms with Crippen LogP contribution < -0.4 is 5.32 Å². The fourth-order valence-corrected chi connectivity index (χ4v) is 1.50. The number of aryl methyl sites for hydroxylation is 1. The molecule has 92 valence electrons. The highest BCUT2D eigenvalue weighted by atomic mass is 16.4. The third-order valence-corrected chi connectivity index (χ3v) is 2.49. The molecule has 0 aliphatic heterocycles. The van der Waals surface area contributed by atoms with Gasteiger partial charge in [0.1, 0.15) is 12.1 Å². The van der Waals surface area contributed by atoms with Crippen LogP contribution in [0.1, 0.15) is 23.0 Å². The Kier molecular flexibility index (Phi) is 3.52. The Labute approximate surface area is 105 Å². The normalized spacial score (nSPS) is 10.1. The van der Waals surface area contributed by atoms with Crippen LogP contribution in [0.15, 0.2) is 36.7 Å². The number of carboxylic acid groups (broad SMARTS) is 1. The van der Waals surface area contributed by atoms with Gasteiger partial charge in [0.15, 0.2) is 0 Å². The minimum atomic E-state index is -0.933. The van der Waals surface area contributed by atoms with Gasteiger partial charge in [0, 0.05) is 17.4 Å². The molecule has 0 aliphatic rings. The van der Waals surface area contributed by atoms with E-state index < -0.39 is 5.97 Å². The smallest absolute Gasteiger partial charge is 0.335 e. The van der Waals surface area contributed by atoms with Crippen molar-refractivity contribution in [3.05, 3.63) is 47.9 Å². The maximum atomic E-state index is 10.7. The lowest BCUT2D eigenvalue weighted by Crippen LogP contribution is -1.98. The summed E-state index contributed by atoms with van der Waals surface area (Å²) in [7, 11) is 0. The van der Waals surface area contributed by atoms with E-state index in [9.17, 15) is 4.79 Å². The van der Waals surface area contributed by atoms with Crippen molar-refractivity contribution in [3.63, 3.8) is 0 Å². The Balaban J connectivity index is 2.15. The highest BCUT2D eigenvalue weighted by Gasteiger charge is 2.02. The number of nitrogens with one attached hydrogen (secondary N) is 1. The lowest BCUT2D eigenvalue weighted by Gasteiger charge is -2.06. The Hall–Kier alpha value is -2.43. The summed E-state index contributed by atoms with van der Waals surface area (Å²) >= 11 is 0. The summed E-state index contributed by atoms with van der Waals surface area (Å²) in [4.78, 5) is 18.9. The fourth-order valence-electron chi connectivity index (χ4n) is 1.50. The zero-order chi connectivity index (χ0) is 13.0. The molecule has 0 radical (unpaired) electrons. The predicted octanol–water partition coefficient (Wildman–Crippen LogP) is 2.48. The van der Waals surface area contributed by atoms with Gasteiger partial charge in [-0.25, -0.2) is 14.8 Å². The van der Waals surface area contributed by atoms with Crippen LogP contribution in [0.4, 0.5) is 11.5 Å². The SMILES string of the molecule is CCc1cc(Nc2ccc(C(=O)O)cc2)ncn1. The number of rotatable bonds is 4. The summed E-state index contributed by atoms with van der Waals surface area (Å²) in [5, 5.41) is 11.9. The lowest BCUT2D eigenvalue weighted by atomic mass is 10.2. The molecule has 0 fully saturated rings. The van der Waals surface area contributed by atoms with Gasteiger partial charge in [-0.15, -0.1) is 0 Å². The molecule has 2 aromatic rings. The number of hydrogen-bond donors (Lipinski definition) is 2. The van der Waals surface area contributed by atoms with Crippen LogP contribution in [0.3, 0.4) is 0 Å². The second-order valence-corrected chi connectivity index (χ2v) is 3.76. The molecular weight excluding hydrogens is 230 g/mol. The van der Waals surface area contributed by atoms with E-state index in [-0.39, 0.29) is 5.56 Å². The summed E-state index contributed by atoms with van der Waals surface area (Å²) in [5.41, 5.74) is 2.01. The molecule has 1 aromatic carbocycles. The zero-order valence-electron chi connectivity index (χ0n) is 9.92. The number of carboxylic acids is 1. The van der Waals surface area contributed by atoms with E-state index >= 15 is 0 Å². The third kappa shape index (κ3) is 2.82. The van der Waals surface area contributed by atoms with Gasteiger partial charge in [0.05, 0.1) is 5.56 Å². The molecule has 0 saturated heterocycles. The Morgan fingerprint density at radius 2 is 2.00 bits per heavy atom. The molecule has 0 saturated carbocycles. The van der Waals surface area contributed by atoms with E-state index in [1.165, 1.54) is 6.33 Å². The van der Waals surface area contributed by atoms with Crippen LogP contribution in [0.5, 0.6) is 0 Å². The van der Waals surface area contributed by atoms with Crippen LogP contribution in [-0.2, 0) is 6.42 Å². The molecular formula is C13H13N3O2. The van der Waals surface area contributed by atoms with Gasteiger partial charge < -0.3 is 10.4 Å². The van der Waals surface area contributed by atoms with E-state index in [0.717, 1.165) is 17.8 Å². The van der Waals surface area contributed by atoms with Gasteiger partial charge in [-0.05, 0) is 30.7 Å². The first-order valence-corrected chi connectivity index (χ1v) is 5.60. The minimum Gasteiger partial charge on any atom is -0.478 e. The standard InChI is InChI=1S/C13H13N3O2/c1-2-10-7-12(15-8-14-10)16-11-5-3-9(4-6-11)13(17)18/h3-8H,2H2,1H3,(H,17,18)(H,14,15,16). The Bertz CT molecular complexity index is 552. The molecule has 0 amide bonds. The van der Waals surface area contributed by atoms with Crippen LogP contribution in [0, 0.1) is 0 Å². The number of benzene rings is 1. The monoisotopic (exact) mass is 243 g/mol. The molecule has 5 nitrogen and oxygen atoms in total. The molecule has 0 unspecified atom stereocenters. The Morgan fingerprint density at radius 1 is 1.28 bits per heavy atom. The molecule has 2 N–H and O–H groups in total. The van der Waals surface area contributed by atoms with E-state index in [1.54, 1.807) is 24.3 Å². The fraction of sp³-hybridized carbons (Fsp3) is 0.154. The average Bonchev–Trinajstić information content (AvgIpc) is 2.39. The first kappa shape index (κ1) is 12.0.